The Hall–Kier alpha value is -0.990. The van der Waals surface area contributed by atoms with E-state index < -0.39 is 0 Å². The molecular weight excluding hydrogens is 116 g/mol. The van der Waals surface area contributed by atoms with E-state index in [1.54, 1.807) is 0 Å². The average molecular weight is 124 g/mol. The quantitative estimate of drug-likeness (QED) is 0.493. The van der Waals surface area contributed by atoms with Gasteiger partial charge >= 0.3 is 0 Å². The van der Waals surface area contributed by atoms with Gasteiger partial charge in [0.25, 0.3) is 0 Å². The third-order valence-electron chi connectivity index (χ3n) is 1.08. The molecule has 3 nitrogen and oxygen atoms in total. The van der Waals surface area contributed by atoms with Crippen LogP contribution in [0.25, 0.3) is 0 Å². The highest BCUT2D eigenvalue weighted by Crippen LogP contribution is 1.96. The van der Waals surface area contributed by atoms with Gasteiger partial charge in [-0.1, -0.05) is 0 Å². The number of amidine groups is 1. The monoisotopic (exact) mass is 124 g/mol. The zero-order chi connectivity index (χ0) is 6.69. The van der Waals surface area contributed by atoms with E-state index in [0.717, 1.165) is 12.0 Å². The Morgan fingerprint density at radius 3 is 3.00 bits per heavy atom. The lowest BCUT2D eigenvalue weighted by Gasteiger charge is -1.82. The molecule has 1 rings (SSSR count). The molecule has 3 heteroatoms. The van der Waals surface area contributed by atoms with Crippen molar-refractivity contribution in [2.24, 2.45) is 9.98 Å². The molecule has 9 heavy (non-hydrogen) atoms. The third kappa shape index (κ3) is 1.45. The van der Waals surface area contributed by atoms with Gasteiger partial charge in [0.05, 0.1) is 13.0 Å². The summed E-state index contributed by atoms with van der Waals surface area (Å²) >= 11 is 0. The van der Waals surface area contributed by atoms with Crippen LogP contribution in [0.3, 0.4) is 0 Å². The van der Waals surface area contributed by atoms with Crippen molar-refractivity contribution in [2.75, 3.05) is 6.54 Å². The van der Waals surface area contributed by atoms with Gasteiger partial charge in [0, 0.05) is 5.71 Å². The summed E-state index contributed by atoms with van der Waals surface area (Å²) in [6, 6.07) is 0. The Labute approximate surface area is 53.5 Å². The molecule has 0 N–H and O–H groups in total. The molecule has 0 radical (unpaired) electrons. The molecular formula is C6H8N2O. The van der Waals surface area contributed by atoms with E-state index in [0.29, 0.717) is 18.8 Å². The summed E-state index contributed by atoms with van der Waals surface area (Å²) in [7, 11) is 0. The maximum absolute atomic E-state index is 9.92. The topological polar surface area (TPSA) is 41.8 Å². The molecule has 0 bridgehead atoms. The van der Waals surface area contributed by atoms with Gasteiger partial charge < -0.3 is 4.79 Å². The Kier molecular flexibility index (Phi) is 1.72. The highest BCUT2D eigenvalue weighted by Gasteiger charge is 2.03. The van der Waals surface area contributed by atoms with Crippen LogP contribution in [0.2, 0.25) is 0 Å². The Morgan fingerprint density at radius 1 is 1.78 bits per heavy atom. The summed E-state index contributed by atoms with van der Waals surface area (Å²) in [6.07, 6.45) is 1.18. The minimum atomic E-state index is 0.358. The molecule has 0 aliphatic carbocycles. The second-order valence-corrected chi connectivity index (χ2v) is 1.95. The van der Waals surface area contributed by atoms with E-state index in [4.69, 9.17) is 0 Å². The van der Waals surface area contributed by atoms with E-state index in [9.17, 15) is 4.79 Å². The van der Waals surface area contributed by atoms with Crippen LogP contribution >= 0.6 is 0 Å². The average Bonchev–Trinajstić information content (AvgIpc) is 2.17. The molecule has 1 aliphatic heterocycles. The van der Waals surface area contributed by atoms with Crippen molar-refractivity contribution in [3.05, 3.63) is 0 Å². The third-order valence-corrected chi connectivity index (χ3v) is 1.08. The highest BCUT2D eigenvalue weighted by molar-refractivity contribution is 6.06. The van der Waals surface area contributed by atoms with Crippen LogP contribution in [0.15, 0.2) is 9.98 Å². The van der Waals surface area contributed by atoms with Crippen molar-refractivity contribution in [3.8, 4) is 0 Å². The van der Waals surface area contributed by atoms with E-state index in [1.165, 1.54) is 0 Å². The predicted octanol–water partition coefficient (Wildman–Crippen LogP) is 0.448. The molecule has 0 atom stereocenters. The number of aliphatic imine (C=N–C) groups is 2. The van der Waals surface area contributed by atoms with Gasteiger partial charge in [0.15, 0.2) is 0 Å². The molecule has 0 spiro atoms. The molecule has 1 aliphatic rings. The lowest BCUT2D eigenvalue weighted by Crippen LogP contribution is -1.90. The highest BCUT2D eigenvalue weighted by atomic mass is 16.1. The summed E-state index contributed by atoms with van der Waals surface area (Å²) in [5.74, 6) is 0.669. The van der Waals surface area contributed by atoms with Crippen molar-refractivity contribution in [3.63, 3.8) is 0 Å². The molecule has 48 valence electrons. The fourth-order valence-electron chi connectivity index (χ4n) is 0.681. The molecule has 0 saturated heterocycles. The van der Waals surface area contributed by atoms with Crippen LogP contribution in [0, 0.1) is 0 Å². The van der Waals surface area contributed by atoms with Crippen LogP contribution in [-0.4, -0.2) is 24.4 Å². The Bertz CT molecular complexity index is 181. The maximum Gasteiger partial charge on any atom is 0.130 e. The molecule has 0 aromatic rings. The number of carbonyl (C=O) groups is 1. The first-order chi connectivity index (χ1) is 4.33. The fourth-order valence-corrected chi connectivity index (χ4v) is 0.681. The minimum absolute atomic E-state index is 0.358. The number of hydrogen-bond donors (Lipinski definition) is 0. The zero-order valence-corrected chi connectivity index (χ0v) is 5.29. The Balaban J connectivity index is 2.53. The number of carbonyl (C=O) groups excluding carboxylic acids is 1. The standard InChI is InChI=1S/C6H8N2O/c1-5-4-7-6(8-5)2-3-9/h3H,2,4H2,1H3. The maximum atomic E-state index is 9.92. The van der Waals surface area contributed by atoms with Gasteiger partial charge in [-0.2, -0.15) is 0 Å². The van der Waals surface area contributed by atoms with Crippen LogP contribution in [0.4, 0.5) is 0 Å². The van der Waals surface area contributed by atoms with E-state index >= 15 is 0 Å². The molecule has 0 aromatic carbocycles. The van der Waals surface area contributed by atoms with Gasteiger partial charge in [-0.3, -0.25) is 4.99 Å². The molecule has 0 saturated carbocycles. The number of hydrogen-bond acceptors (Lipinski definition) is 3. The van der Waals surface area contributed by atoms with Crippen molar-refractivity contribution in [1.29, 1.82) is 0 Å². The van der Waals surface area contributed by atoms with Crippen LogP contribution in [-0.2, 0) is 4.79 Å². The first kappa shape index (κ1) is 6.13. The normalized spacial score (nSPS) is 17.0. The zero-order valence-electron chi connectivity index (χ0n) is 5.29. The van der Waals surface area contributed by atoms with Gasteiger partial charge in [-0.25, -0.2) is 4.99 Å². The second kappa shape index (κ2) is 2.53. The van der Waals surface area contributed by atoms with Crippen molar-refractivity contribution in [1.82, 2.24) is 0 Å². The molecule has 0 amide bonds. The van der Waals surface area contributed by atoms with Gasteiger partial charge in [0.2, 0.25) is 0 Å². The summed E-state index contributed by atoms with van der Waals surface area (Å²) in [5, 5.41) is 0. The van der Waals surface area contributed by atoms with Gasteiger partial charge in [0.1, 0.15) is 12.1 Å². The summed E-state index contributed by atoms with van der Waals surface area (Å²) in [6.45, 7) is 2.57. The molecule has 0 fully saturated rings. The van der Waals surface area contributed by atoms with Crippen molar-refractivity contribution < 1.29 is 4.79 Å². The van der Waals surface area contributed by atoms with E-state index in [-0.39, 0.29) is 0 Å². The van der Waals surface area contributed by atoms with Gasteiger partial charge in [-0.15, -0.1) is 0 Å². The molecule has 1 heterocycles. The first-order valence-electron chi connectivity index (χ1n) is 2.84. The SMILES string of the molecule is CC1=NC(CC=O)=NC1. The van der Waals surface area contributed by atoms with Crippen LogP contribution in [0.5, 0.6) is 0 Å². The summed E-state index contributed by atoms with van der Waals surface area (Å²) in [4.78, 5) is 17.9. The summed E-state index contributed by atoms with van der Waals surface area (Å²) < 4.78 is 0. The number of nitrogens with zero attached hydrogens (tertiary/aromatic N) is 2. The lowest BCUT2D eigenvalue weighted by molar-refractivity contribution is -0.106. The van der Waals surface area contributed by atoms with E-state index in [1.807, 2.05) is 6.92 Å². The second-order valence-electron chi connectivity index (χ2n) is 1.95. The van der Waals surface area contributed by atoms with Crippen LogP contribution < -0.4 is 0 Å². The van der Waals surface area contributed by atoms with Crippen LogP contribution in [0.1, 0.15) is 13.3 Å². The first-order valence-corrected chi connectivity index (χ1v) is 2.84. The smallest absolute Gasteiger partial charge is 0.130 e. The lowest BCUT2D eigenvalue weighted by atomic mass is 10.4. The van der Waals surface area contributed by atoms with Crippen molar-refractivity contribution in [2.45, 2.75) is 13.3 Å². The van der Waals surface area contributed by atoms with E-state index in [2.05, 4.69) is 9.98 Å². The largest absolute Gasteiger partial charge is 0.303 e. The van der Waals surface area contributed by atoms with Crippen molar-refractivity contribution >= 4 is 17.8 Å². The number of rotatable bonds is 2. The van der Waals surface area contributed by atoms with Gasteiger partial charge in [-0.05, 0) is 6.92 Å². The molecule has 0 unspecified atom stereocenters. The Morgan fingerprint density at radius 2 is 2.56 bits per heavy atom. The predicted molar refractivity (Wildman–Crippen MR) is 36.1 cm³/mol. The minimum Gasteiger partial charge on any atom is -0.303 e. The number of aldehydes is 1. The summed E-state index contributed by atoms with van der Waals surface area (Å²) in [5.41, 5.74) is 0.992. The fraction of sp³-hybridized carbons (Fsp3) is 0.500. The molecule has 0 aromatic heterocycles.